The Morgan fingerprint density at radius 2 is 2.33 bits per heavy atom. The maximum atomic E-state index is 12.6. The molecule has 7 heteroatoms. The molecule has 1 aliphatic carbocycles. The number of nitrogens with one attached hydrogen (secondary N) is 1. The van der Waals surface area contributed by atoms with Crippen LogP contribution in [0.15, 0.2) is 27.7 Å². The Balaban J connectivity index is 1.56. The summed E-state index contributed by atoms with van der Waals surface area (Å²) in [5.41, 5.74) is 1.96. The third-order valence-electron chi connectivity index (χ3n) is 4.82. The number of fused-ring (bicyclic) bond motifs is 3. The zero-order valence-corrected chi connectivity index (χ0v) is 16.8. The number of thiophene rings is 2. The molecule has 0 aliphatic heterocycles. The van der Waals surface area contributed by atoms with E-state index < -0.39 is 12.1 Å². The van der Waals surface area contributed by atoms with Crippen molar-refractivity contribution in [2.75, 3.05) is 0 Å². The van der Waals surface area contributed by atoms with E-state index >= 15 is 0 Å². The number of hydrogen-bond donors (Lipinski definition) is 1. The van der Waals surface area contributed by atoms with E-state index in [2.05, 4.69) is 16.9 Å². The van der Waals surface area contributed by atoms with Crippen molar-refractivity contribution in [3.05, 3.63) is 55.1 Å². The SMILES string of the molecule is C[C@H]1CCc2c(sc3nc([C@H](C)OC(=O)/C=C/c4ccsc4)[nH]c(=O)c23)C1. The minimum atomic E-state index is -0.625. The van der Waals surface area contributed by atoms with Gasteiger partial charge in [0, 0.05) is 11.0 Å². The number of nitrogens with zero attached hydrogens (tertiary/aromatic N) is 1. The van der Waals surface area contributed by atoms with Gasteiger partial charge in [0.1, 0.15) is 4.83 Å². The molecular formula is C20H20N2O3S2. The maximum absolute atomic E-state index is 12.6. The first-order valence-electron chi connectivity index (χ1n) is 8.96. The number of ether oxygens (including phenoxy) is 1. The Bertz CT molecular complexity index is 1060. The van der Waals surface area contributed by atoms with Crippen molar-refractivity contribution < 1.29 is 9.53 Å². The van der Waals surface area contributed by atoms with Crippen LogP contribution >= 0.6 is 22.7 Å². The summed E-state index contributed by atoms with van der Waals surface area (Å²) in [6, 6.07) is 1.92. The van der Waals surface area contributed by atoms with Crippen LogP contribution in [0.3, 0.4) is 0 Å². The van der Waals surface area contributed by atoms with Crippen LogP contribution in [0, 0.1) is 5.92 Å². The first-order chi connectivity index (χ1) is 13.0. The van der Waals surface area contributed by atoms with Crippen molar-refractivity contribution in [2.24, 2.45) is 5.92 Å². The predicted molar refractivity (Wildman–Crippen MR) is 109 cm³/mol. The van der Waals surface area contributed by atoms with Gasteiger partial charge in [-0.2, -0.15) is 11.3 Å². The fraction of sp³-hybridized carbons (Fsp3) is 0.350. The minimum absolute atomic E-state index is 0.140. The summed E-state index contributed by atoms with van der Waals surface area (Å²) in [5.74, 6) is 0.561. The van der Waals surface area contributed by atoms with Crippen molar-refractivity contribution in [3.8, 4) is 0 Å². The van der Waals surface area contributed by atoms with E-state index in [9.17, 15) is 9.59 Å². The lowest BCUT2D eigenvalue weighted by Crippen LogP contribution is -2.17. The average Bonchev–Trinajstić information content (AvgIpc) is 3.26. The van der Waals surface area contributed by atoms with Crippen LogP contribution < -0.4 is 5.56 Å². The monoisotopic (exact) mass is 400 g/mol. The number of aryl methyl sites for hydroxylation is 1. The molecule has 4 rings (SSSR count). The molecule has 0 fully saturated rings. The number of carbonyl (C=O) groups is 1. The highest BCUT2D eigenvalue weighted by Gasteiger charge is 2.24. The van der Waals surface area contributed by atoms with Crippen LogP contribution in [0.4, 0.5) is 0 Å². The van der Waals surface area contributed by atoms with Gasteiger partial charge in [-0.15, -0.1) is 11.3 Å². The van der Waals surface area contributed by atoms with Gasteiger partial charge in [0.25, 0.3) is 5.56 Å². The quantitative estimate of drug-likeness (QED) is 0.517. The van der Waals surface area contributed by atoms with Gasteiger partial charge in [-0.05, 0) is 66.1 Å². The van der Waals surface area contributed by atoms with Crippen LogP contribution in [-0.4, -0.2) is 15.9 Å². The Labute approximate surface area is 164 Å². The van der Waals surface area contributed by atoms with Crippen molar-refractivity contribution in [1.29, 1.82) is 0 Å². The Kier molecular flexibility index (Phi) is 4.97. The van der Waals surface area contributed by atoms with Crippen molar-refractivity contribution in [2.45, 2.75) is 39.2 Å². The van der Waals surface area contributed by atoms with Gasteiger partial charge in [-0.3, -0.25) is 4.79 Å². The fourth-order valence-corrected chi connectivity index (χ4v) is 5.38. The van der Waals surface area contributed by atoms with Crippen LogP contribution in [0.25, 0.3) is 16.3 Å². The molecule has 2 atom stereocenters. The molecule has 0 amide bonds. The van der Waals surface area contributed by atoms with E-state index in [-0.39, 0.29) is 5.56 Å². The molecule has 27 heavy (non-hydrogen) atoms. The van der Waals surface area contributed by atoms with Crippen molar-refractivity contribution in [1.82, 2.24) is 9.97 Å². The molecule has 0 radical (unpaired) electrons. The lowest BCUT2D eigenvalue weighted by atomic mass is 9.89. The van der Waals surface area contributed by atoms with Crippen LogP contribution in [0.2, 0.25) is 0 Å². The highest BCUT2D eigenvalue weighted by Crippen LogP contribution is 2.35. The Morgan fingerprint density at radius 3 is 3.11 bits per heavy atom. The lowest BCUT2D eigenvalue weighted by molar-refractivity contribution is -0.142. The smallest absolute Gasteiger partial charge is 0.331 e. The number of esters is 1. The summed E-state index contributed by atoms with van der Waals surface area (Å²) >= 11 is 3.16. The molecule has 0 saturated carbocycles. The van der Waals surface area contributed by atoms with E-state index in [1.54, 1.807) is 35.7 Å². The summed E-state index contributed by atoms with van der Waals surface area (Å²) in [4.78, 5) is 34.1. The highest BCUT2D eigenvalue weighted by atomic mass is 32.1. The van der Waals surface area contributed by atoms with Gasteiger partial charge in [-0.1, -0.05) is 6.92 Å². The third-order valence-corrected chi connectivity index (χ3v) is 6.67. The second-order valence-electron chi connectivity index (χ2n) is 6.95. The molecule has 140 valence electrons. The lowest BCUT2D eigenvalue weighted by Gasteiger charge is -2.17. The maximum Gasteiger partial charge on any atom is 0.331 e. The number of H-pyrrole nitrogens is 1. The standard InChI is InChI=1S/C20H20N2O3S2/c1-11-3-5-14-15(9-11)27-20-17(14)19(24)21-18(22-20)12(2)25-16(23)6-4-13-7-8-26-10-13/h4,6-8,10-12H,3,5,9H2,1-2H3,(H,21,22,24)/b6-4+/t11-,12-/m0/s1. The van der Waals surface area contributed by atoms with E-state index in [1.807, 2.05) is 16.8 Å². The molecule has 0 spiro atoms. The van der Waals surface area contributed by atoms with Crippen LogP contribution in [-0.2, 0) is 22.4 Å². The first kappa shape index (κ1) is 18.1. The molecule has 0 unspecified atom stereocenters. The molecular weight excluding hydrogens is 380 g/mol. The van der Waals surface area contributed by atoms with Crippen molar-refractivity contribution >= 4 is 44.9 Å². The van der Waals surface area contributed by atoms with Gasteiger partial charge in [0.05, 0.1) is 5.39 Å². The van der Waals surface area contributed by atoms with E-state index in [1.165, 1.54) is 11.0 Å². The second-order valence-corrected chi connectivity index (χ2v) is 8.82. The molecule has 3 aromatic rings. The molecule has 3 heterocycles. The molecule has 0 aromatic carbocycles. The Hall–Kier alpha value is -2.25. The van der Waals surface area contributed by atoms with Gasteiger partial charge in [0.15, 0.2) is 11.9 Å². The third kappa shape index (κ3) is 3.75. The zero-order valence-electron chi connectivity index (χ0n) is 15.2. The van der Waals surface area contributed by atoms with Crippen LogP contribution in [0.1, 0.15) is 48.2 Å². The molecule has 0 saturated heterocycles. The highest BCUT2D eigenvalue weighted by molar-refractivity contribution is 7.18. The van der Waals surface area contributed by atoms with Crippen LogP contribution in [0.5, 0.6) is 0 Å². The summed E-state index contributed by atoms with van der Waals surface area (Å²) in [6.07, 6.45) is 5.51. The molecule has 1 N–H and O–H groups in total. The topological polar surface area (TPSA) is 72.0 Å². The van der Waals surface area contributed by atoms with Gasteiger partial charge in [0.2, 0.25) is 0 Å². The molecule has 3 aromatic heterocycles. The minimum Gasteiger partial charge on any atom is -0.451 e. The summed E-state index contributed by atoms with van der Waals surface area (Å²) in [6.45, 7) is 3.96. The van der Waals surface area contributed by atoms with Gasteiger partial charge in [-0.25, -0.2) is 9.78 Å². The summed E-state index contributed by atoms with van der Waals surface area (Å²) in [7, 11) is 0. The van der Waals surface area contributed by atoms with E-state index in [0.29, 0.717) is 17.1 Å². The summed E-state index contributed by atoms with van der Waals surface area (Å²) in [5, 5.41) is 4.60. The molecule has 1 aliphatic rings. The second kappa shape index (κ2) is 7.40. The first-order valence-corrected chi connectivity index (χ1v) is 10.7. The summed E-state index contributed by atoms with van der Waals surface area (Å²) < 4.78 is 5.41. The number of aromatic nitrogens is 2. The number of hydrogen-bond acceptors (Lipinski definition) is 6. The van der Waals surface area contributed by atoms with Gasteiger partial charge >= 0.3 is 5.97 Å². The normalized spacial score (nSPS) is 17.9. The number of rotatable bonds is 4. The Morgan fingerprint density at radius 1 is 1.48 bits per heavy atom. The predicted octanol–water partition coefficient (Wildman–Crippen LogP) is 4.49. The number of carbonyl (C=O) groups excluding carboxylic acids is 1. The number of aromatic amines is 1. The van der Waals surface area contributed by atoms with E-state index in [4.69, 9.17) is 4.74 Å². The molecule has 0 bridgehead atoms. The average molecular weight is 401 g/mol. The fourth-order valence-electron chi connectivity index (χ4n) is 3.36. The molecule has 5 nitrogen and oxygen atoms in total. The van der Waals surface area contributed by atoms with Gasteiger partial charge < -0.3 is 9.72 Å². The van der Waals surface area contributed by atoms with Crippen molar-refractivity contribution in [3.63, 3.8) is 0 Å². The zero-order chi connectivity index (χ0) is 19.0. The van der Waals surface area contributed by atoms with E-state index in [0.717, 1.165) is 35.2 Å². The largest absolute Gasteiger partial charge is 0.451 e.